The van der Waals surface area contributed by atoms with Crippen LogP contribution in [-0.2, 0) is 9.53 Å². The molecular formula is C11H18O2. The molecule has 4 unspecified atom stereocenters. The summed E-state index contributed by atoms with van der Waals surface area (Å²) in [4.78, 5) is 10.7. The second-order valence-corrected chi connectivity index (χ2v) is 4.66. The van der Waals surface area contributed by atoms with Gasteiger partial charge in [-0.3, -0.25) is 4.79 Å². The van der Waals surface area contributed by atoms with Crippen LogP contribution in [0.4, 0.5) is 0 Å². The van der Waals surface area contributed by atoms with E-state index in [0.717, 1.165) is 17.8 Å². The third-order valence-electron chi connectivity index (χ3n) is 4.02. The lowest BCUT2D eigenvalue weighted by Crippen LogP contribution is -2.25. The van der Waals surface area contributed by atoms with E-state index in [0.29, 0.717) is 12.5 Å². The van der Waals surface area contributed by atoms with E-state index in [2.05, 4.69) is 6.92 Å². The maximum atomic E-state index is 10.7. The zero-order valence-corrected chi connectivity index (χ0v) is 8.45. The third-order valence-corrected chi connectivity index (χ3v) is 4.02. The van der Waals surface area contributed by atoms with Crippen LogP contribution in [0.5, 0.6) is 0 Å². The van der Waals surface area contributed by atoms with Gasteiger partial charge in [0.1, 0.15) is 0 Å². The van der Waals surface area contributed by atoms with Gasteiger partial charge in [0.2, 0.25) is 0 Å². The van der Waals surface area contributed by atoms with Crippen LogP contribution in [0.1, 0.15) is 33.1 Å². The molecule has 0 aromatic rings. The van der Waals surface area contributed by atoms with Crippen LogP contribution in [0.3, 0.4) is 0 Å². The van der Waals surface area contributed by atoms with Gasteiger partial charge in [-0.15, -0.1) is 0 Å². The van der Waals surface area contributed by atoms with Gasteiger partial charge >= 0.3 is 5.97 Å². The van der Waals surface area contributed by atoms with E-state index in [9.17, 15) is 4.79 Å². The fourth-order valence-corrected chi connectivity index (χ4v) is 3.20. The number of carbonyl (C=O) groups is 1. The highest BCUT2D eigenvalue weighted by Crippen LogP contribution is 2.51. The van der Waals surface area contributed by atoms with Gasteiger partial charge in [-0.1, -0.05) is 6.92 Å². The van der Waals surface area contributed by atoms with Crippen molar-refractivity contribution < 1.29 is 9.53 Å². The highest BCUT2D eigenvalue weighted by Gasteiger charge is 2.45. The Morgan fingerprint density at radius 1 is 1.38 bits per heavy atom. The lowest BCUT2D eigenvalue weighted by molar-refractivity contribution is -0.143. The van der Waals surface area contributed by atoms with Gasteiger partial charge in [0.15, 0.2) is 0 Å². The number of carbonyl (C=O) groups excluding carboxylic acids is 1. The van der Waals surface area contributed by atoms with Crippen molar-refractivity contribution >= 4 is 5.97 Å². The molecule has 0 aliphatic heterocycles. The Kier molecular flexibility index (Phi) is 2.31. The molecule has 0 spiro atoms. The number of fused-ring (bicyclic) bond motifs is 2. The molecule has 2 rings (SSSR count). The second kappa shape index (κ2) is 3.32. The highest BCUT2D eigenvalue weighted by atomic mass is 16.5. The molecule has 0 aromatic carbocycles. The van der Waals surface area contributed by atoms with Crippen LogP contribution in [0.2, 0.25) is 0 Å². The molecule has 4 atom stereocenters. The van der Waals surface area contributed by atoms with Crippen molar-refractivity contribution in [1.82, 2.24) is 0 Å². The normalized spacial score (nSPS) is 42.3. The number of hydrogen-bond acceptors (Lipinski definition) is 2. The van der Waals surface area contributed by atoms with E-state index < -0.39 is 0 Å². The van der Waals surface area contributed by atoms with Gasteiger partial charge in [-0.05, 0) is 42.9 Å². The summed E-state index contributed by atoms with van der Waals surface area (Å²) >= 11 is 0. The topological polar surface area (TPSA) is 26.3 Å². The maximum Gasteiger partial charge on any atom is 0.302 e. The van der Waals surface area contributed by atoms with Crippen LogP contribution < -0.4 is 0 Å². The van der Waals surface area contributed by atoms with Crippen molar-refractivity contribution in [2.75, 3.05) is 6.61 Å². The van der Waals surface area contributed by atoms with Crippen molar-refractivity contribution in [1.29, 1.82) is 0 Å². The molecule has 2 heteroatoms. The van der Waals surface area contributed by atoms with E-state index in [1.54, 1.807) is 0 Å². The van der Waals surface area contributed by atoms with Gasteiger partial charge in [0, 0.05) is 6.92 Å². The van der Waals surface area contributed by atoms with Crippen LogP contribution in [0.15, 0.2) is 0 Å². The minimum Gasteiger partial charge on any atom is -0.466 e. The van der Waals surface area contributed by atoms with E-state index in [1.165, 1.54) is 26.2 Å². The molecule has 0 N–H and O–H groups in total. The summed E-state index contributed by atoms with van der Waals surface area (Å²) in [5.41, 5.74) is 0. The Labute approximate surface area is 79.7 Å². The second-order valence-electron chi connectivity index (χ2n) is 4.66. The molecule has 74 valence electrons. The summed E-state index contributed by atoms with van der Waals surface area (Å²) in [6, 6.07) is 0. The largest absolute Gasteiger partial charge is 0.466 e. The molecule has 2 aliphatic rings. The van der Waals surface area contributed by atoms with Gasteiger partial charge in [-0.25, -0.2) is 0 Å². The molecule has 2 saturated carbocycles. The molecule has 2 bridgehead atoms. The first-order valence-electron chi connectivity index (χ1n) is 5.32. The Balaban J connectivity index is 1.89. The molecule has 13 heavy (non-hydrogen) atoms. The molecule has 0 saturated heterocycles. The van der Waals surface area contributed by atoms with Crippen molar-refractivity contribution in [3.63, 3.8) is 0 Å². The van der Waals surface area contributed by atoms with Gasteiger partial charge in [-0.2, -0.15) is 0 Å². The Morgan fingerprint density at radius 3 is 2.62 bits per heavy atom. The lowest BCUT2D eigenvalue weighted by atomic mass is 9.81. The fourth-order valence-electron chi connectivity index (χ4n) is 3.20. The summed E-state index contributed by atoms with van der Waals surface area (Å²) in [7, 11) is 0. The van der Waals surface area contributed by atoms with E-state index in [-0.39, 0.29) is 5.97 Å². The zero-order valence-electron chi connectivity index (χ0n) is 8.45. The molecule has 0 radical (unpaired) electrons. The summed E-state index contributed by atoms with van der Waals surface area (Å²) in [5, 5.41) is 0. The first kappa shape index (κ1) is 9.04. The SMILES string of the molecule is CC(=O)OCC1C2CCC(C2)C1C. The van der Waals surface area contributed by atoms with E-state index >= 15 is 0 Å². The van der Waals surface area contributed by atoms with Crippen molar-refractivity contribution in [3.8, 4) is 0 Å². The van der Waals surface area contributed by atoms with E-state index in [4.69, 9.17) is 4.74 Å². The summed E-state index contributed by atoms with van der Waals surface area (Å²) in [6.07, 6.45) is 4.15. The van der Waals surface area contributed by atoms with Crippen LogP contribution >= 0.6 is 0 Å². The van der Waals surface area contributed by atoms with Crippen LogP contribution in [0, 0.1) is 23.7 Å². The average molecular weight is 182 g/mol. The monoisotopic (exact) mass is 182 g/mol. The Morgan fingerprint density at radius 2 is 2.08 bits per heavy atom. The minimum absolute atomic E-state index is 0.130. The van der Waals surface area contributed by atoms with Crippen LogP contribution in [0.25, 0.3) is 0 Å². The number of hydrogen-bond donors (Lipinski definition) is 0. The number of ether oxygens (including phenoxy) is 1. The smallest absolute Gasteiger partial charge is 0.302 e. The molecular weight excluding hydrogens is 164 g/mol. The first-order chi connectivity index (χ1) is 6.18. The number of esters is 1. The van der Waals surface area contributed by atoms with Crippen molar-refractivity contribution in [2.24, 2.45) is 23.7 Å². The molecule has 2 nitrogen and oxygen atoms in total. The average Bonchev–Trinajstić information content (AvgIpc) is 2.61. The molecule has 0 amide bonds. The Bertz CT molecular complexity index is 210. The minimum atomic E-state index is -0.130. The van der Waals surface area contributed by atoms with Gasteiger partial charge < -0.3 is 4.74 Å². The van der Waals surface area contributed by atoms with Crippen molar-refractivity contribution in [2.45, 2.75) is 33.1 Å². The number of rotatable bonds is 2. The zero-order chi connectivity index (χ0) is 9.42. The highest BCUT2D eigenvalue weighted by molar-refractivity contribution is 5.65. The summed E-state index contributed by atoms with van der Waals surface area (Å²) in [6.45, 7) is 4.48. The molecule has 2 fully saturated rings. The van der Waals surface area contributed by atoms with Gasteiger partial charge in [0.05, 0.1) is 6.61 Å². The Hall–Kier alpha value is -0.530. The van der Waals surface area contributed by atoms with Crippen LogP contribution in [-0.4, -0.2) is 12.6 Å². The third kappa shape index (κ3) is 1.59. The lowest BCUT2D eigenvalue weighted by Gasteiger charge is -2.27. The van der Waals surface area contributed by atoms with Crippen molar-refractivity contribution in [3.05, 3.63) is 0 Å². The summed E-state index contributed by atoms with van der Waals surface area (Å²) < 4.78 is 5.11. The predicted molar refractivity (Wildman–Crippen MR) is 50.1 cm³/mol. The quantitative estimate of drug-likeness (QED) is 0.612. The predicted octanol–water partition coefficient (Wildman–Crippen LogP) is 2.23. The standard InChI is InChI=1S/C11H18O2/c1-7-9-3-4-10(5-9)11(7)6-13-8(2)12/h7,9-11H,3-6H2,1-2H3. The fraction of sp³-hybridized carbons (Fsp3) is 0.909. The van der Waals surface area contributed by atoms with E-state index in [1.807, 2.05) is 0 Å². The summed E-state index contributed by atoms with van der Waals surface area (Å²) in [5.74, 6) is 3.07. The molecule has 0 aromatic heterocycles. The maximum absolute atomic E-state index is 10.7. The molecule has 2 aliphatic carbocycles. The molecule has 0 heterocycles. The first-order valence-corrected chi connectivity index (χ1v) is 5.32. The van der Waals surface area contributed by atoms with Gasteiger partial charge in [0.25, 0.3) is 0 Å².